The second kappa shape index (κ2) is 8.18. The normalized spacial score (nSPS) is 19.4. The second-order valence-corrected chi connectivity index (χ2v) is 6.97. The second-order valence-electron chi connectivity index (χ2n) is 6.97. The molecule has 3 amide bonds. The maximum Gasteiger partial charge on any atom is 0.315 e. The number of nitrogens with two attached hydrogens (primary N) is 1. The van der Waals surface area contributed by atoms with Gasteiger partial charge in [0.1, 0.15) is 0 Å². The zero-order valence-corrected chi connectivity index (χ0v) is 14.5. The van der Waals surface area contributed by atoms with Crippen LogP contribution in [0.2, 0.25) is 0 Å². The Hall–Kier alpha value is -2.31. The molecule has 1 aliphatic heterocycles. The van der Waals surface area contributed by atoms with Crippen LogP contribution in [0.15, 0.2) is 18.5 Å². The molecule has 0 bridgehead atoms. The minimum atomic E-state index is -0.463. The number of urea groups is 1. The Kier molecular flexibility index (Phi) is 5.73. The summed E-state index contributed by atoms with van der Waals surface area (Å²) in [6, 6.07) is 2.26. The van der Waals surface area contributed by atoms with E-state index >= 15 is 0 Å². The Labute approximate surface area is 148 Å². The highest BCUT2D eigenvalue weighted by Gasteiger charge is 2.24. The van der Waals surface area contributed by atoms with E-state index < -0.39 is 5.91 Å². The molecule has 2 aliphatic rings. The molecule has 1 saturated carbocycles. The number of hydrogen-bond donors (Lipinski definition) is 3. The first-order chi connectivity index (χ1) is 12.1. The number of piperidine rings is 1. The van der Waals surface area contributed by atoms with Crippen LogP contribution in [0.4, 0.5) is 10.5 Å². The molecule has 0 atom stereocenters. The first-order valence-electron chi connectivity index (χ1n) is 9.19. The molecular formula is C18H27N5O2. The lowest BCUT2D eigenvalue weighted by molar-refractivity contribution is 0.100. The summed E-state index contributed by atoms with van der Waals surface area (Å²) in [5, 5.41) is 6.19. The summed E-state index contributed by atoms with van der Waals surface area (Å²) in [4.78, 5) is 29.8. The topological polar surface area (TPSA) is 100 Å². The van der Waals surface area contributed by atoms with Crippen LogP contribution in [-0.2, 0) is 0 Å². The average molecular weight is 345 g/mol. The van der Waals surface area contributed by atoms with Gasteiger partial charge >= 0.3 is 6.03 Å². The van der Waals surface area contributed by atoms with Gasteiger partial charge in [-0.2, -0.15) is 0 Å². The van der Waals surface area contributed by atoms with Crippen LogP contribution >= 0.6 is 0 Å². The van der Waals surface area contributed by atoms with Gasteiger partial charge in [-0.15, -0.1) is 0 Å². The summed E-state index contributed by atoms with van der Waals surface area (Å²) in [6.07, 6.45) is 10.7. The van der Waals surface area contributed by atoms with Crippen molar-refractivity contribution in [2.24, 2.45) is 5.73 Å². The summed E-state index contributed by atoms with van der Waals surface area (Å²) in [6.45, 7) is 1.55. The van der Waals surface area contributed by atoms with E-state index in [1.54, 1.807) is 6.20 Å². The van der Waals surface area contributed by atoms with E-state index in [9.17, 15) is 9.59 Å². The van der Waals surface area contributed by atoms with Gasteiger partial charge < -0.3 is 21.3 Å². The van der Waals surface area contributed by atoms with Gasteiger partial charge in [-0.3, -0.25) is 9.78 Å². The summed E-state index contributed by atoms with van der Waals surface area (Å²) in [7, 11) is 0. The standard InChI is InChI=1S/C18H27N5O2/c19-17(24)15-12-20-9-6-16(15)23-10-7-14(8-11-23)22-18(25)21-13-4-2-1-3-5-13/h6,9,12-14H,1-5,7-8,10-11H2,(H2,19,24)(H2,21,22,25). The van der Waals surface area contributed by atoms with E-state index in [-0.39, 0.29) is 12.1 Å². The fourth-order valence-corrected chi connectivity index (χ4v) is 3.78. The fourth-order valence-electron chi connectivity index (χ4n) is 3.78. The van der Waals surface area contributed by atoms with Gasteiger partial charge in [0.15, 0.2) is 0 Å². The lowest BCUT2D eigenvalue weighted by atomic mass is 9.96. The molecule has 1 aromatic heterocycles. The summed E-state index contributed by atoms with van der Waals surface area (Å²) in [5.41, 5.74) is 6.71. The minimum Gasteiger partial charge on any atom is -0.371 e. The van der Waals surface area contributed by atoms with E-state index in [1.165, 1.54) is 25.5 Å². The highest BCUT2D eigenvalue weighted by Crippen LogP contribution is 2.23. The number of carbonyl (C=O) groups is 2. The van der Waals surface area contributed by atoms with Crippen LogP contribution in [0, 0.1) is 0 Å². The predicted molar refractivity (Wildman–Crippen MR) is 96.5 cm³/mol. The number of hydrogen-bond acceptors (Lipinski definition) is 4. The molecule has 0 radical (unpaired) electrons. The molecule has 3 rings (SSSR count). The number of pyridine rings is 1. The molecule has 136 valence electrons. The third-order valence-corrected chi connectivity index (χ3v) is 5.17. The first-order valence-corrected chi connectivity index (χ1v) is 9.19. The maximum absolute atomic E-state index is 12.2. The highest BCUT2D eigenvalue weighted by molar-refractivity contribution is 5.98. The van der Waals surface area contributed by atoms with Crippen molar-refractivity contribution in [2.75, 3.05) is 18.0 Å². The summed E-state index contributed by atoms with van der Waals surface area (Å²) in [5.74, 6) is -0.463. The molecule has 7 heteroatoms. The molecule has 25 heavy (non-hydrogen) atoms. The molecule has 2 heterocycles. The van der Waals surface area contributed by atoms with Crippen LogP contribution in [0.25, 0.3) is 0 Å². The molecular weight excluding hydrogens is 318 g/mol. The van der Waals surface area contributed by atoms with Gasteiger partial charge in [0.05, 0.1) is 11.3 Å². The van der Waals surface area contributed by atoms with E-state index in [0.717, 1.165) is 44.5 Å². The van der Waals surface area contributed by atoms with Gasteiger partial charge in [0, 0.05) is 37.6 Å². The molecule has 0 unspecified atom stereocenters. The van der Waals surface area contributed by atoms with Crippen molar-refractivity contribution in [2.45, 2.75) is 57.0 Å². The van der Waals surface area contributed by atoms with Crippen molar-refractivity contribution in [3.8, 4) is 0 Å². The summed E-state index contributed by atoms with van der Waals surface area (Å²) >= 11 is 0. The van der Waals surface area contributed by atoms with Crippen LogP contribution in [0.1, 0.15) is 55.3 Å². The molecule has 1 aliphatic carbocycles. The number of rotatable bonds is 4. The third kappa shape index (κ3) is 4.61. The van der Waals surface area contributed by atoms with Crippen molar-refractivity contribution < 1.29 is 9.59 Å². The molecule has 7 nitrogen and oxygen atoms in total. The summed E-state index contributed by atoms with van der Waals surface area (Å²) < 4.78 is 0. The Morgan fingerprint density at radius 1 is 1.04 bits per heavy atom. The zero-order valence-electron chi connectivity index (χ0n) is 14.5. The van der Waals surface area contributed by atoms with E-state index in [2.05, 4.69) is 20.5 Å². The van der Waals surface area contributed by atoms with Gasteiger partial charge in [0.2, 0.25) is 0 Å². The Morgan fingerprint density at radius 3 is 2.32 bits per heavy atom. The van der Waals surface area contributed by atoms with Crippen molar-refractivity contribution in [3.63, 3.8) is 0 Å². The maximum atomic E-state index is 12.2. The lowest BCUT2D eigenvalue weighted by Gasteiger charge is -2.35. The Bertz CT molecular complexity index is 607. The minimum absolute atomic E-state index is 0.0490. The largest absolute Gasteiger partial charge is 0.371 e. The van der Waals surface area contributed by atoms with E-state index in [4.69, 9.17) is 5.73 Å². The van der Waals surface area contributed by atoms with E-state index in [1.807, 2.05) is 6.07 Å². The van der Waals surface area contributed by atoms with Crippen LogP contribution in [0.3, 0.4) is 0 Å². The molecule has 1 aromatic rings. The van der Waals surface area contributed by atoms with Gasteiger partial charge in [-0.25, -0.2) is 4.79 Å². The van der Waals surface area contributed by atoms with E-state index in [0.29, 0.717) is 11.6 Å². The Morgan fingerprint density at radius 2 is 1.68 bits per heavy atom. The van der Waals surface area contributed by atoms with Crippen LogP contribution < -0.4 is 21.3 Å². The van der Waals surface area contributed by atoms with Gasteiger partial charge in [-0.05, 0) is 31.7 Å². The molecule has 0 aromatic carbocycles. The van der Waals surface area contributed by atoms with Crippen molar-refractivity contribution in [1.82, 2.24) is 15.6 Å². The molecule has 1 saturated heterocycles. The predicted octanol–water partition coefficient (Wildman–Crippen LogP) is 1.78. The monoisotopic (exact) mass is 345 g/mol. The highest BCUT2D eigenvalue weighted by atomic mass is 16.2. The zero-order chi connectivity index (χ0) is 17.6. The molecule has 0 spiro atoms. The first kappa shape index (κ1) is 17.5. The lowest BCUT2D eigenvalue weighted by Crippen LogP contribution is -2.50. The number of carbonyl (C=O) groups excluding carboxylic acids is 2. The number of primary amides is 1. The average Bonchev–Trinajstić information content (AvgIpc) is 2.63. The van der Waals surface area contributed by atoms with Crippen LogP contribution in [-0.4, -0.2) is 42.1 Å². The Balaban J connectivity index is 1.49. The van der Waals surface area contributed by atoms with Gasteiger partial charge in [-0.1, -0.05) is 19.3 Å². The van der Waals surface area contributed by atoms with Gasteiger partial charge in [0.25, 0.3) is 5.91 Å². The number of amides is 3. The number of nitrogens with one attached hydrogen (secondary N) is 2. The number of aromatic nitrogens is 1. The quantitative estimate of drug-likeness (QED) is 0.774. The van der Waals surface area contributed by atoms with Crippen molar-refractivity contribution in [3.05, 3.63) is 24.0 Å². The van der Waals surface area contributed by atoms with Crippen molar-refractivity contribution in [1.29, 1.82) is 0 Å². The number of anilines is 1. The molecule has 2 fully saturated rings. The SMILES string of the molecule is NC(=O)c1cnccc1N1CCC(NC(=O)NC2CCCCC2)CC1. The molecule has 4 N–H and O–H groups in total. The van der Waals surface area contributed by atoms with Crippen LogP contribution in [0.5, 0.6) is 0 Å². The number of nitrogens with zero attached hydrogens (tertiary/aromatic N) is 2. The van der Waals surface area contributed by atoms with Crippen molar-refractivity contribution >= 4 is 17.6 Å². The third-order valence-electron chi connectivity index (χ3n) is 5.17. The fraction of sp³-hybridized carbons (Fsp3) is 0.611. The smallest absolute Gasteiger partial charge is 0.315 e.